The second kappa shape index (κ2) is 4.91. The van der Waals surface area contributed by atoms with E-state index in [1.807, 2.05) is 53.4 Å². The second-order valence-electron chi connectivity index (χ2n) is 4.05. The highest BCUT2D eigenvalue weighted by Gasteiger charge is 2.20. The number of Topliss-reactive ketones (excluding diaryl/α,β-unsaturated/α-hetero) is 1. The van der Waals surface area contributed by atoms with Gasteiger partial charge in [-0.3, -0.25) is 4.79 Å². The lowest BCUT2D eigenvalue weighted by Gasteiger charge is -2.17. The monoisotopic (exact) mass is 232 g/mol. The van der Waals surface area contributed by atoms with Crippen LogP contribution in [-0.2, 0) is 4.74 Å². The molecule has 17 heavy (non-hydrogen) atoms. The smallest absolute Gasteiger partial charge is 0.206 e. The van der Waals surface area contributed by atoms with Crippen molar-refractivity contribution in [3.05, 3.63) is 48.0 Å². The van der Waals surface area contributed by atoms with Crippen LogP contribution in [0.25, 0.3) is 0 Å². The van der Waals surface area contributed by atoms with Gasteiger partial charge in [0.2, 0.25) is 5.88 Å². The Kier molecular flexibility index (Phi) is 3.32. The molecule has 0 saturated heterocycles. The van der Waals surface area contributed by atoms with E-state index in [2.05, 4.69) is 0 Å². The average Bonchev–Trinajstić information content (AvgIpc) is 2.70. The van der Waals surface area contributed by atoms with Gasteiger partial charge in [0.25, 0.3) is 0 Å². The molecular weight excluding hydrogens is 216 g/mol. The molecule has 0 N–H and O–H groups in total. The second-order valence-corrected chi connectivity index (χ2v) is 4.05. The van der Waals surface area contributed by atoms with Gasteiger partial charge in [-0.25, -0.2) is 0 Å². The maximum Gasteiger partial charge on any atom is 0.206 e. The molecule has 0 atom stereocenters. The summed E-state index contributed by atoms with van der Waals surface area (Å²) in [6.45, 7) is 1.06. The standard InChI is InChI=1S/C13H16N2O2/c1-14-10-15(9-13(14)17-2)8-12(16)11-6-4-3-5-7-11/h3-7,9H,8,10H2,1-2H3. The molecule has 90 valence electrons. The van der Waals surface area contributed by atoms with Crippen molar-refractivity contribution in [3.8, 4) is 0 Å². The molecule has 0 spiro atoms. The van der Waals surface area contributed by atoms with Crippen molar-refractivity contribution in [2.24, 2.45) is 0 Å². The van der Waals surface area contributed by atoms with Crippen molar-refractivity contribution in [3.63, 3.8) is 0 Å². The number of ether oxygens (including phenoxy) is 1. The maximum absolute atomic E-state index is 12.0. The van der Waals surface area contributed by atoms with Crippen LogP contribution in [0.5, 0.6) is 0 Å². The zero-order valence-electron chi connectivity index (χ0n) is 10.1. The van der Waals surface area contributed by atoms with E-state index >= 15 is 0 Å². The predicted molar refractivity (Wildman–Crippen MR) is 65.2 cm³/mol. The molecule has 1 aliphatic heterocycles. The highest BCUT2D eigenvalue weighted by atomic mass is 16.5. The highest BCUT2D eigenvalue weighted by molar-refractivity contribution is 5.97. The minimum Gasteiger partial charge on any atom is -0.481 e. The minimum absolute atomic E-state index is 0.118. The van der Waals surface area contributed by atoms with Crippen LogP contribution in [0.15, 0.2) is 42.4 Å². The summed E-state index contributed by atoms with van der Waals surface area (Å²) in [7, 11) is 3.56. The quantitative estimate of drug-likeness (QED) is 0.737. The molecule has 1 aromatic rings. The van der Waals surface area contributed by atoms with Gasteiger partial charge in [-0.05, 0) is 0 Å². The van der Waals surface area contributed by atoms with Crippen LogP contribution in [-0.4, -0.2) is 43.0 Å². The van der Waals surface area contributed by atoms with Gasteiger partial charge >= 0.3 is 0 Å². The lowest BCUT2D eigenvalue weighted by Crippen LogP contribution is -2.28. The number of carbonyl (C=O) groups is 1. The van der Waals surface area contributed by atoms with E-state index < -0.39 is 0 Å². The molecule has 0 saturated carbocycles. The Morgan fingerprint density at radius 2 is 2.06 bits per heavy atom. The molecular formula is C13H16N2O2. The Labute approximate surface area is 101 Å². The van der Waals surface area contributed by atoms with E-state index in [1.54, 1.807) is 7.11 Å². The number of carbonyl (C=O) groups excluding carboxylic acids is 1. The maximum atomic E-state index is 12.0. The summed E-state index contributed by atoms with van der Waals surface area (Å²) < 4.78 is 5.17. The van der Waals surface area contributed by atoms with E-state index in [9.17, 15) is 4.79 Å². The summed E-state index contributed by atoms with van der Waals surface area (Å²) in [6, 6.07) is 9.33. The lowest BCUT2D eigenvalue weighted by atomic mass is 10.1. The zero-order valence-corrected chi connectivity index (χ0v) is 10.1. The fourth-order valence-corrected chi connectivity index (χ4v) is 1.84. The van der Waals surface area contributed by atoms with E-state index in [0.29, 0.717) is 13.2 Å². The van der Waals surface area contributed by atoms with Gasteiger partial charge in [0.05, 0.1) is 26.5 Å². The van der Waals surface area contributed by atoms with Gasteiger partial charge in [0.1, 0.15) is 0 Å². The first-order valence-electron chi connectivity index (χ1n) is 5.50. The third-order valence-corrected chi connectivity index (χ3v) is 2.71. The topological polar surface area (TPSA) is 32.8 Å². The van der Waals surface area contributed by atoms with E-state index in [-0.39, 0.29) is 5.78 Å². The Bertz CT molecular complexity index is 428. The first-order valence-corrected chi connectivity index (χ1v) is 5.50. The van der Waals surface area contributed by atoms with Crippen molar-refractivity contribution in [2.45, 2.75) is 0 Å². The number of ketones is 1. The fraction of sp³-hybridized carbons (Fsp3) is 0.308. The highest BCUT2D eigenvalue weighted by Crippen LogP contribution is 2.14. The van der Waals surface area contributed by atoms with Crippen LogP contribution in [0, 0.1) is 0 Å². The summed E-state index contributed by atoms with van der Waals surface area (Å²) in [6.07, 6.45) is 1.86. The molecule has 1 aliphatic rings. The third-order valence-electron chi connectivity index (χ3n) is 2.71. The summed E-state index contributed by atoms with van der Waals surface area (Å²) in [5.74, 6) is 0.901. The molecule has 1 heterocycles. The molecule has 2 rings (SSSR count). The van der Waals surface area contributed by atoms with Gasteiger partial charge in [-0.15, -0.1) is 0 Å². The Morgan fingerprint density at radius 1 is 1.35 bits per heavy atom. The van der Waals surface area contributed by atoms with Crippen molar-refractivity contribution in [1.82, 2.24) is 9.80 Å². The van der Waals surface area contributed by atoms with Crippen molar-refractivity contribution in [1.29, 1.82) is 0 Å². The van der Waals surface area contributed by atoms with Crippen molar-refractivity contribution < 1.29 is 9.53 Å². The normalized spacial score (nSPS) is 14.8. The van der Waals surface area contributed by atoms with Crippen LogP contribution in [0.2, 0.25) is 0 Å². The van der Waals surface area contributed by atoms with Gasteiger partial charge in [0.15, 0.2) is 5.78 Å². The molecule has 0 aliphatic carbocycles. The molecule has 4 nitrogen and oxygen atoms in total. The summed E-state index contributed by atoms with van der Waals surface area (Å²) >= 11 is 0. The zero-order chi connectivity index (χ0) is 12.3. The van der Waals surface area contributed by atoms with Gasteiger partial charge < -0.3 is 14.5 Å². The number of nitrogens with zero attached hydrogens (tertiary/aromatic N) is 2. The number of hydrogen-bond donors (Lipinski definition) is 0. The molecule has 0 radical (unpaired) electrons. The molecule has 0 fully saturated rings. The summed E-state index contributed by atoms with van der Waals surface area (Å²) in [5.41, 5.74) is 0.745. The number of benzene rings is 1. The van der Waals surface area contributed by atoms with Crippen LogP contribution < -0.4 is 0 Å². The van der Waals surface area contributed by atoms with Gasteiger partial charge in [0, 0.05) is 12.6 Å². The molecule has 1 aromatic carbocycles. The molecule has 0 unspecified atom stereocenters. The van der Waals surface area contributed by atoms with E-state index in [0.717, 1.165) is 11.4 Å². The first-order chi connectivity index (χ1) is 8.20. The fourth-order valence-electron chi connectivity index (χ4n) is 1.84. The lowest BCUT2D eigenvalue weighted by molar-refractivity contribution is 0.0943. The Morgan fingerprint density at radius 3 is 2.65 bits per heavy atom. The molecule has 0 amide bonds. The number of hydrogen-bond acceptors (Lipinski definition) is 4. The molecule has 0 aromatic heterocycles. The summed E-state index contributed by atoms with van der Waals surface area (Å²) in [4.78, 5) is 15.9. The van der Waals surface area contributed by atoms with Crippen molar-refractivity contribution in [2.75, 3.05) is 27.4 Å². The summed E-state index contributed by atoms with van der Waals surface area (Å²) in [5, 5.41) is 0. The first kappa shape index (κ1) is 11.5. The van der Waals surface area contributed by atoms with Crippen LogP contribution >= 0.6 is 0 Å². The van der Waals surface area contributed by atoms with Gasteiger partial charge in [-0.2, -0.15) is 0 Å². The third kappa shape index (κ3) is 2.58. The Hall–Kier alpha value is -1.97. The van der Waals surface area contributed by atoms with Crippen LogP contribution in [0.1, 0.15) is 10.4 Å². The van der Waals surface area contributed by atoms with Gasteiger partial charge in [-0.1, -0.05) is 30.3 Å². The Balaban J connectivity index is 1.99. The molecule has 0 bridgehead atoms. The average molecular weight is 232 g/mol. The predicted octanol–water partition coefficient (Wildman–Crippen LogP) is 1.52. The van der Waals surface area contributed by atoms with E-state index in [4.69, 9.17) is 4.74 Å². The molecule has 4 heteroatoms. The minimum atomic E-state index is 0.118. The number of methoxy groups -OCH3 is 1. The van der Waals surface area contributed by atoms with Crippen molar-refractivity contribution >= 4 is 5.78 Å². The SMILES string of the molecule is COC1=CN(CC(=O)c2ccccc2)CN1C. The largest absolute Gasteiger partial charge is 0.481 e. The number of rotatable bonds is 4. The van der Waals surface area contributed by atoms with E-state index in [1.165, 1.54) is 0 Å². The van der Waals surface area contributed by atoms with Crippen LogP contribution in [0.3, 0.4) is 0 Å². The van der Waals surface area contributed by atoms with Crippen LogP contribution in [0.4, 0.5) is 0 Å².